The summed E-state index contributed by atoms with van der Waals surface area (Å²) in [6, 6.07) is 16.1. The van der Waals surface area contributed by atoms with Crippen LogP contribution in [0.3, 0.4) is 0 Å². The molecule has 0 saturated carbocycles. The van der Waals surface area contributed by atoms with Crippen molar-refractivity contribution in [3.05, 3.63) is 48.5 Å². The number of hydrogen-bond donors (Lipinski definition) is 3. The number of nitrogens with two attached hydrogens (primary N) is 1. The van der Waals surface area contributed by atoms with E-state index in [-0.39, 0.29) is 0 Å². The van der Waals surface area contributed by atoms with E-state index in [4.69, 9.17) is 5.73 Å². The lowest BCUT2D eigenvalue weighted by Crippen LogP contribution is -2.34. The molecule has 2 aromatic carbocycles. The molecule has 0 spiro atoms. The number of hydrogen-bond acceptors (Lipinski definition) is 8. The van der Waals surface area contributed by atoms with Gasteiger partial charge in [-0.1, -0.05) is 133 Å². The van der Waals surface area contributed by atoms with Crippen LogP contribution in [0.4, 0.5) is 11.4 Å². The minimum absolute atomic E-state index is 0.670. The molecular formula is C40H70N8S. The van der Waals surface area contributed by atoms with E-state index >= 15 is 0 Å². The number of aromatic nitrogens is 3. The van der Waals surface area contributed by atoms with Gasteiger partial charge in [0.1, 0.15) is 5.52 Å². The van der Waals surface area contributed by atoms with Crippen LogP contribution in [0.1, 0.15) is 122 Å². The van der Waals surface area contributed by atoms with Crippen LogP contribution in [0.25, 0.3) is 11.0 Å². The first-order chi connectivity index (χ1) is 24.2. The van der Waals surface area contributed by atoms with Crippen molar-refractivity contribution < 1.29 is 0 Å². The number of rotatable bonds is 32. The quantitative estimate of drug-likeness (QED) is 0.0338. The van der Waals surface area contributed by atoms with Gasteiger partial charge in [0, 0.05) is 19.0 Å². The average molecular weight is 695 g/mol. The summed E-state index contributed by atoms with van der Waals surface area (Å²) in [5, 5.41) is 16.0. The largest absolute Gasteiger partial charge is 0.397 e. The molecule has 1 aromatic heterocycles. The van der Waals surface area contributed by atoms with Gasteiger partial charge in [-0.05, 0) is 69.4 Å². The van der Waals surface area contributed by atoms with E-state index in [0.29, 0.717) is 13.3 Å². The van der Waals surface area contributed by atoms with Crippen LogP contribution in [0.5, 0.6) is 0 Å². The number of nitrogens with one attached hydrogen (secondary N) is 2. The normalized spacial score (nSPS) is 11.8. The van der Waals surface area contributed by atoms with Crippen molar-refractivity contribution in [1.82, 2.24) is 30.1 Å². The summed E-state index contributed by atoms with van der Waals surface area (Å²) >= 11 is 1.95. The van der Waals surface area contributed by atoms with Crippen molar-refractivity contribution in [2.75, 3.05) is 62.6 Å². The first-order valence-corrected chi connectivity index (χ1v) is 21.1. The van der Waals surface area contributed by atoms with Gasteiger partial charge >= 0.3 is 0 Å². The highest BCUT2D eigenvalue weighted by atomic mass is 32.2. The van der Waals surface area contributed by atoms with Gasteiger partial charge in [0.05, 0.1) is 30.2 Å². The van der Waals surface area contributed by atoms with Gasteiger partial charge in [0.2, 0.25) is 0 Å². The molecule has 0 aliphatic carbocycles. The molecule has 276 valence electrons. The number of anilines is 2. The number of para-hydroxylation sites is 3. The van der Waals surface area contributed by atoms with Crippen molar-refractivity contribution in [3.8, 4) is 0 Å². The Hall–Kier alpha value is -2.33. The van der Waals surface area contributed by atoms with Crippen molar-refractivity contribution >= 4 is 34.2 Å². The van der Waals surface area contributed by atoms with E-state index < -0.39 is 0 Å². The fourth-order valence-electron chi connectivity index (χ4n) is 6.55. The highest BCUT2D eigenvalue weighted by Crippen LogP contribution is 2.18. The molecule has 1 heterocycles. The Morgan fingerprint density at radius 1 is 0.673 bits per heavy atom. The molecule has 0 fully saturated rings. The Bertz CT molecular complexity index is 1200. The van der Waals surface area contributed by atoms with E-state index in [9.17, 15) is 0 Å². The summed E-state index contributed by atoms with van der Waals surface area (Å²) in [5.41, 5.74) is 9.89. The van der Waals surface area contributed by atoms with Gasteiger partial charge in [-0.15, -0.1) is 16.9 Å². The van der Waals surface area contributed by atoms with Crippen molar-refractivity contribution in [3.63, 3.8) is 0 Å². The van der Waals surface area contributed by atoms with Crippen molar-refractivity contribution in [2.24, 2.45) is 0 Å². The van der Waals surface area contributed by atoms with Crippen LogP contribution in [0.2, 0.25) is 0 Å². The SMILES string of the molecule is CCCCCCCCCCCCCCCCCCN(CCCNCCCN(CNc1ccccc1N)Cn1nnc2ccccc21)CSC. The van der Waals surface area contributed by atoms with E-state index in [0.717, 1.165) is 54.3 Å². The first-order valence-electron chi connectivity index (χ1n) is 19.7. The minimum atomic E-state index is 0.670. The standard InChI is InChI=1S/C40H70N8S/c1-3-4-5-6-7-8-9-10-11-12-13-14-15-16-17-22-31-46(36-49-2)32-23-29-42-30-24-33-47(34-43-38-26-19-18-25-37(38)41)35-48-40-28-21-20-27-39(40)44-45-48/h18-21,25-28,42-43H,3-17,22-24,29-36,41H2,1-2H3. The third-order valence-electron chi connectivity index (χ3n) is 9.50. The Labute approximate surface area is 303 Å². The maximum atomic E-state index is 6.19. The predicted octanol–water partition coefficient (Wildman–Crippen LogP) is 9.60. The zero-order valence-corrected chi connectivity index (χ0v) is 32.0. The van der Waals surface area contributed by atoms with Gasteiger partial charge < -0.3 is 16.4 Å². The lowest BCUT2D eigenvalue weighted by atomic mass is 10.0. The average Bonchev–Trinajstić information content (AvgIpc) is 3.52. The van der Waals surface area contributed by atoms with Crippen molar-refractivity contribution in [2.45, 2.75) is 129 Å². The second-order valence-electron chi connectivity index (χ2n) is 13.8. The fourth-order valence-corrected chi connectivity index (χ4v) is 7.18. The Morgan fingerprint density at radius 3 is 1.86 bits per heavy atom. The summed E-state index contributed by atoms with van der Waals surface area (Å²) in [6.45, 7) is 9.09. The van der Waals surface area contributed by atoms with E-state index in [1.165, 1.54) is 122 Å². The third-order valence-corrected chi connectivity index (χ3v) is 10.1. The Kier molecular flexibility index (Phi) is 23.0. The summed E-state index contributed by atoms with van der Waals surface area (Å²) in [4.78, 5) is 5.02. The summed E-state index contributed by atoms with van der Waals surface area (Å²) in [6.07, 6.45) is 27.3. The smallest absolute Gasteiger partial charge is 0.113 e. The van der Waals surface area contributed by atoms with Gasteiger partial charge in [0.15, 0.2) is 0 Å². The van der Waals surface area contributed by atoms with E-state index in [2.05, 4.69) is 50.0 Å². The van der Waals surface area contributed by atoms with E-state index in [1.807, 2.05) is 58.9 Å². The molecule has 49 heavy (non-hydrogen) atoms. The van der Waals surface area contributed by atoms with Gasteiger partial charge in [-0.25, -0.2) is 4.68 Å². The number of benzene rings is 2. The first kappa shape index (κ1) is 41.1. The molecule has 0 aliphatic heterocycles. The molecule has 0 bridgehead atoms. The van der Waals surface area contributed by atoms with Gasteiger partial charge in [-0.2, -0.15) is 0 Å². The van der Waals surface area contributed by atoms with Gasteiger partial charge in [0.25, 0.3) is 0 Å². The molecule has 0 unspecified atom stereocenters. The van der Waals surface area contributed by atoms with Crippen molar-refractivity contribution in [1.29, 1.82) is 0 Å². The Balaban J connectivity index is 1.21. The van der Waals surface area contributed by atoms with Crippen LogP contribution in [0, 0.1) is 0 Å². The fraction of sp³-hybridized carbons (Fsp3) is 0.700. The van der Waals surface area contributed by atoms with E-state index in [1.54, 1.807) is 0 Å². The summed E-state index contributed by atoms with van der Waals surface area (Å²) in [5.74, 6) is 1.14. The molecule has 9 heteroatoms. The van der Waals surface area contributed by atoms with Gasteiger partial charge in [-0.3, -0.25) is 9.80 Å². The summed E-state index contributed by atoms with van der Waals surface area (Å²) in [7, 11) is 0. The molecule has 4 N–H and O–H groups in total. The number of nitrogen functional groups attached to an aromatic ring is 1. The molecule has 0 amide bonds. The molecule has 0 saturated heterocycles. The van der Waals surface area contributed by atoms with Crippen LogP contribution < -0.4 is 16.4 Å². The zero-order valence-electron chi connectivity index (χ0n) is 31.2. The number of fused-ring (bicyclic) bond motifs is 1. The number of unbranched alkanes of at least 4 members (excludes halogenated alkanes) is 15. The predicted molar refractivity (Wildman–Crippen MR) is 215 cm³/mol. The highest BCUT2D eigenvalue weighted by Gasteiger charge is 2.11. The topological polar surface area (TPSA) is 87.3 Å². The molecule has 3 aromatic rings. The molecule has 0 aliphatic rings. The monoisotopic (exact) mass is 695 g/mol. The second kappa shape index (κ2) is 27.4. The third kappa shape index (κ3) is 18.5. The molecule has 0 radical (unpaired) electrons. The molecule has 0 atom stereocenters. The van der Waals surface area contributed by atoms with Crippen LogP contribution in [0.15, 0.2) is 48.5 Å². The number of thioether (sulfide) groups is 1. The lowest BCUT2D eigenvalue weighted by molar-refractivity contribution is 0.219. The second-order valence-corrected chi connectivity index (χ2v) is 14.7. The molecule has 3 rings (SSSR count). The molecule has 8 nitrogen and oxygen atoms in total. The summed E-state index contributed by atoms with van der Waals surface area (Å²) < 4.78 is 1.98. The zero-order chi connectivity index (χ0) is 34.6. The Morgan fingerprint density at radius 2 is 1.22 bits per heavy atom. The molecular weight excluding hydrogens is 625 g/mol. The lowest BCUT2D eigenvalue weighted by Gasteiger charge is -2.24. The van der Waals surface area contributed by atoms with Crippen LogP contribution in [-0.2, 0) is 6.67 Å². The van der Waals surface area contributed by atoms with Crippen LogP contribution >= 0.6 is 11.8 Å². The maximum Gasteiger partial charge on any atom is 0.113 e. The van der Waals surface area contributed by atoms with Crippen LogP contribution in [-0.4, -0.2) is 76.3 Å². The number of nitrogens with zero attached hydrogens (tertiary/aromatic N) is 5. The maximum absolute atomic E-state index is 6.19. The minimum Gasteiger partial charge on any atom is -0.397 e. The highest BCUT2D eigenvalue weighted by molar-refractivity contribution is 7.98.